The molecular weight excluding hydrogens is 418 g/mol. The maximum atomic E-state index is 12.6. The summed E-state index contributed by atoms with van der Waals surface area (Å²) in [6.07, 6.45) is 2.97. The minimum absolute atomic E-state index is 0.0392. The smallest absolute Gasteiger partial charge is 0.342 e. The maximum absolute atomic E-state index is 12.6. The first kappa shape index (κ1) is 22.4. The van der Waals surface area contributed by atoms with E-state index in [9.17, 15) is 19.7 Å². The summed E-state index contributed by atoms with van der Waals surface area (Å²) < 4.78 is 11.6. The molecule has 0 saturated heterocycles. The molecule has 0 radical (unpaired) electrons. The van der Waals surface area contributed by atoms with E-state index in [1.165, 1.54) is 31.5 Å². The predicted molar refractivity (Wildman–Crippen MR) is 114 cm³/mol. The van der Waals surface area contributed by atoms with Crippen molar-refractivity contribution in [3.8, 4) is 11.6 Å². The number of hydrogen-bond acceptors (Lipinski definition) is 8. The lowest BCUT2D eigenvalue weighted by Crippen LogP contribution is -2.22. The van der Waals surface area contributed by atoms with Crippen molar-refractivity contribution in [3.05, 3.63) is 70.2 Å². The van der Waals surface area contributed by atoms with E-state index in [-0.39, 0.29) is 28.6 Å². The number of ether oxygens (including phenoxy) is 2. The summed E-state index contributed by atoms with van der Waals surface area (Å²) in [5, 5.41) is 17.9. The van der Waals surface area contributed by atoms with Crippen LogP contribution in [0.15, 0.2) is 48.8 Å². The molecule has 0 aliphatic carbocycles. The van der Waals surface area contributed by atoms with Crippen LogP contribution >= 0.6 is 0 Å². The van der Waals surface area contributed by atoms with Crippen molar-refractivity contribution in [2.75, 3.05) is 19.0 Å². The van der Waals surface area contributed by atoms with E-state index in [2.05, 4.69) is 15.4 Å². The third-order valence-electron chi connectivity index (χ3n) is 4.45. The first-order valence-corrected chi connectivity index (χ1v) is 9.60. The molecule has 11 nitrogen and oxygen atoms in total. The lowest BCUT2D eigenvalue weighted by molar-refractivity contribution is -0.384. The first-order valence-electron chi connectivity index (χ1n) is 9.60. The Morgan fingerprint density at radius 2 is 2.03 bits per heavy atom. The molecule has 0 fully saturated rings. The van der Waals surface area contributed by atoms with Crippen LogP contribution in [0.1, 0.15) is 35.8 Å². The second-order valence-corrected chi connectivity index (χ2v) is 6.96. The summed E-state index contributed by atoms with van der Waals surface area (Å²) in [5.74, 6) is -0.741. The summed E-state index contributed by atoms with van der Waals surface area (Å²) in [6.45, 7) is 3.15. The summed E-state index contributed by atoms with van der Waals surface area (Å²) in [5.41, 5.74) is 0.402. The highest BCUT2D eigenvalue weighted by Gasteiger charge is 2.24. The van der Waals surface area contributed by atoms with Gasteiger partial charge in [0.15, 0.2) is 12.4 Å². The molecule has 1 N–H and O–H groups in total. The van der Waals surface area contributed by atoms with E-state index in [0.29, 0.717) is 11.5 Å². The Balaban J connectivity index is 1.72. The fourth-order valence-corrected chi connectivity index (χ4v) is 3.02. The van der Waals surface area contributed by atoms with Gasteiger partial charge in [0.2, 0.25) is 0 Å². The number of rotatable bonds is 8. The number of carbonyl (C=O) groups is 2. The number of amides is 1. The summed E-state index contributed by atoms with van der Waals surface area (Å²) >= 11 is 0. The molecule has 1 amide bonds. The Morgan fingerprint density at radius 3 is 2.66 bits per heavy atom. The molecule has 166 valence electrons. The summed E-state index contributed by atoms with van der Waals surface area (Å²) in [4.78, 5) is 39.7. The van der Waals surface area contributed by atoms with Crippen LogP contribution in [-0.2, 0) is 9.53 Å². The quantitative estimate of drug-likeness (QED) is 0.321. The molecular formula is C21H21N5O6. The molecule has 1 aromatic carbocycles. The molecule has 0 aliphatic heterocycles. The third-order valence-corrected chi connectivity index (χ3v) is 4.45. The highest BCUT2D eigenvalue weighted by molar-refractivity contribution is 5.97. The first-order chi connectivity index (χ1) is 15.3. The Kier molecular flexibility index (Phi) is 6.78. The fourth-order valence-electron chi connectivity index (χ4n) is 3.02. The largest absolute Gasteiger partial charge is 0.496 e. The van der Waals surface area contributed by atoms with E-state index in [1.807, 2.05) is 13.8 Å². The third kappa shape index (κ3) is 4.89. The van der Waals surface area contributed by atoms with Crippen molar-refractivity contribution in [2.45, 2.75) is 19.8 Å². The molecule has 0 saturated carbocycles. The zero-order valence-electron chi connectivity index (χ0n) is 17.6. The van der Waals surface area contributed by atoms with Gasteiger partial charge in [-0.05, 0) is 30.2 Å². The zero-order chi connectivity index (χ0) is 23.3. The van der Waals surface area contributed by atoms with Crippen molar-refractivity contribution in [1.29, 1.82) is 0 Å². The average molecular weight is 439 g/mol. The molecule has 2 heterocycles. The Hall–Kier alpha value is -4.28. The van der Waals surface area contributed by atoms with Crippen molar-refractivity contribution in [1.82, 2.24) is 14.8 Å². The van der Waals surface area contributed by atoms with Gasteiger partial charge in [0.1, 0.15) is 17.0 Å². The Bertz CT molecular complexity index is 1140. The Labute approximate surface area is 183 Å². The molecule has 0 bridgehead atoms. The number of methoxy groups -OCH3 is 1. The van der Waals surface area contributed by atoms with Gasteiger partial charge < -0.3 is 14.8 Å². The number of esters is 1. The van der Waals surface area contributed by atoms with Crippen LogP contribution in [0.4, 0.5) is 11.4 Å². The molecule has 0 unspecified atom stereocenters. The highest BCUT2D eigenvalue weighted by atomic mass is 16.6. The van der Waals surface area contributed by atoms with Crippen molar-refractivity contribution in [3.63, 3.8) is 0 Å². The number of hydrogen-bond donors (Lipinski definition) is 1. The van der Waals surface area contributed by atoms with Crippen LogP contribution in [0, 0.1) is 10.1 Å². The second kappa shape index (κ2) is 9.69. The van der Waals surface area contributed by atoms with Gasteiger partial charge in [-0.3, -0.25) is 14.9 Å². The van der Waals surface area contributed by atoms with Crippen LogP contribution in [0.5, 0.6) is 5.75 Å². The monoisotopic (exact) mass is 439 g/mol. The number of nitro benzene ring substituents is 1. The number of nitrogens with one attached hydrogen (secondary N) is 1. The molecule has 0 aliphatic rings. The Morgan fingerprint density at radius 1 is 1.25 bits per heavy atom. The average Bonchev–Trinajstić information content (AvgIpc) is 3.24. The van der Waals surface area contributed by atoms with Gasteiger partial charge in [-0.15, -0.1) is 0 Å². The van der Waals surface area contributed by atoms with Gasteiger partial charge in [-0.1, -0.05) is 19.9 Å². The number of nitrogens with zero attached hydrogens (tertiary/aromatic N) is 4. The molecule has 2 aromatic heterocycles. The van der Waals surface area contributed by atoms with Gasteiger partial charge in [0.05, 0.1) is 30.0 Å². The van der Waals surface area contributed by atoms with E-state index in [0.717, 1.165) is 0 Å². The molecule has 3 rings (SSSR count). The predicted octanol–water partition coefficient (Wildman–Crippen LogP) is 3.10. The standard InChI is InChI=1S/C21H21N5O6/c1-13(2)20-15(11-23-25(20)18-6-4-5-9-22-18)21(28)32-12-19(27)24-16-8-7-14(31-3)10-17(16)26(29)30/h4-11,13H,12H2,1-3H3,(H,24,27). The summed E-state index contributed by atoms with van der Waals surface area (Å²) in [7, 11) is 1.37. The van der Waals surface area contributed by atoms with Crippen LogP contribution < -0.4 is 10.1 Å². The van der Waals surface area contributed by atoms with Gasteiger partial charge in [-0.2, -0.15) is 5.10 Å². The second-order valence-electron chi connectivity index (χ2n) is 6.96. The minimum Gasteiger partial charge on any atom is -0.496 e. The number of nitro groups is 1. The van der Waals surface area contributed by atoms with Crippen molar-refractivity contribution >= 4 is 23.3 Å². The molecule has 11 heteroatoms. The lowest BCUT2D eigenvalue weighted by atomic mass is 10.1. The van der Waals surface area contributed by atoms with Crippen LogP contribution in [-0.4, -0.2) is 45.3 Å². The van der Waals surface area contributed by atoms with Crippen LogP contribution in [0.25, 0.3) is 5.82 Å². The van der Waals surface area contributed by atoms with E-state index >= 15 is 0 Å². The number of pyridine rings is 1. The SMILES string of the molecule is COc1ccc(NC(=O)COC(=O)c2cnn(-c3ccccn3)c2C(C)C)c([N+](=O)[O-])c1. The normalized spacial score (nSPS) is 10.6. The van der Waals surface area contributed by atoms with Crippen LogP contribution in [0.3, 0.4) is 0 Å². The van der Waals surface area contributed by atoms with Gasteiger partial charge in [0, 0.05) is 6.20 Å². The fraction of sp³-hybridized carbons (Fsp3) is 0.238. The van der Waals surface area contributed by atoms with Gasteiger partial charge in [-0.25, -0.2) is 14.5 Å². The minimum atomic E-state index is -0.740. The van der Waals surface area contributed by atoms with E-state index in [1.54, 1.807) is 29.1 Å². The zero-order valence-corrected chi connectivity index (χ0v) is 17.6. The number of carbonyl (C=O) groups excluding carboxylic acids is 2. The molecule has 3 aromatic rings. The molecule has 0 atom stereocenters. The van der Waals surface area contributed by atoms with Gasteiger partial charge >= 0.3 is 5.97 Å². The number of aromatic nitrogens is 3. The highest BCUT2D eigenvalue weighted by Crippen LogP contribution is 2.29. The van der Waals surface area contributed by atoms with E-state index in [4.69, 9.17) is 9.47 Å². The molecule has 0 spiro atoms. The number of anilines is 1. The lowest BCUT2D eigenvalue weighted by Gasteiger charge is -2.12. The summed E-state index contributed by atoms with van der Waals surface area (Å²) in [6, 6.07) is 9.31. The topological polar surface area (TPSA) is 138 Å². The number of benzene rings is 1. The molecule has 32 heavy (non-hydrogen) atoms. The van der Waals surface area contributed by atoms with Crippen LogP contribution in [0.2, 0.25) is 0 Å². The van der Waals surface area contributed by atoms with Gasteiger partial charge in [0.25, 0.3) is 11.6 Å². The maximum Gasteiger partial charge on any atom is 0.342 e. The van der Waals surface area contributed by atoms with E-state index < -0.39 is 23.4 Å². The van der Waals surface area contributed by atoms with Crippen molar-refractivity contribution < 1.29 is 24.0 Å². The van der Waals surface area contributed by atoms with Crippen molar-refractivity contribution in [2.24, 2.45) is 0 Å².